The third-order valence-corrected chi connectivity index (χ3v) is 5.88. The molecule has 0 aliphatic carbocycles. The Morgan fingerprint density at radius 1 is 1.21 bits per heavy atom. The van der Waals surface area contributed by atoms with Crippen LogP contribution in [0.25, 0.3) is 21.2 Å². The van der Waals surface area contributed by atoms with Gasteiger partial charge in [-0.2, -0.15) is 0 Å². The summed E-state index contributed by atoms with van der Waals surface area (Å²) >= 11 is 1.37. The maximum Gasteiger partial charge on any atom is 0.331 e. The fraction of sp³-hybridized carbons (Fsp3) is 0.238. The lowest BCUT2D eigenvalue weighted by atomic mass is 10.0. The summed E-state index contributed by atoms with van der Waals surface area (Å²) in [5, 5.41) is 0.922. The lowest BCUT2D eigenvalue weighted by Crippen LogP contribution is -2.52. The minimum absolute atomic E-state index is 0.129. The van der Waals surface area contributed by atoms with Gasteiger partial charge in [0.1, 0.15) is 5.82 Å². The van der Waals surface area contributed by atoms with E-state index >= 15 is 0 Å². The SMILES string of the molecule is COC(=O)C1COCCN1C(=O)c1cc2c(-c3ccc(F)cc3)cccc2s1. The minimum Gasteiger partial charge on any atom is -0.467 e. The Bertz CT molecular complexity index is 1030. The highest BCUT2D eigenvalue weighted by molar-refractivity contribution is 7.20. The first-order valence-corrected chi connectivity index (χ1v) is 9.65. The van der Waals surface area contributed by atoms with E-state index in [9.17, 15) is 14.0 Å². The number of hydrogen-bond acceptors (Lipinski definition) is 5. The second-order valence-electron chi connectivity index (χ2n) is 6.45. The first-order chi connectivity index (χ1) is 13.6. The zero-order valence-electron chi connectivity index (χ0n) is 15.2. The standard InChI is InChI=1S/C21H18FNO4S/c1-26-21(25)17-12-27-10-9-23(17)20(24)19-11-16-15(3-2-4-18(16)28-19)13-5-7-14(22)8-6-13/h2-8,11,17H,9-10,12H2,1H3. The third-order valence-electron chi connectivity index (χ3n) is 4.79. The predicted octanol–water partition coefficient (Wildman–Crippen LogP) is 3.72. The fourth-order valence-corrected chi connectivity index (χ4v) is 4.41. The highest BCUT2D eigenvalue weighted by atomic mass is 32.1. The Kier molecular flexibility index (Phi) is 5.11. The van der Waals surface area contributed by atoms with Crippen molar-refractivity contribution in [3.05, 3.63) is 59.2 Å². The van der Waals surface area contributed by atoms with Crippen molar-refractivity contribution in [3.8, 4) is 11.1 Å². The number of morpholine rings is 1. The van der Waals surface area contributed by atoms with Crippen molar-refractivity contribution < 1.29 is 23.5 Å². The zero-order chi connectivity index (χ0) is 19.7. The summed E-state index contributed by atoms with van der Waals surface area (Å²) < 4.78 is 24.4. The Labute approximate surface area is 165 Å². The monoisotopic (exact) mass is 399 g/mol. The average Bonchev–Trinajstić information content (AvgIpc) is 3.17. The Hall–Kier alpha value is -2.77. The fourth-order valence-electron chi connectivity index (χ4n) is 3.37. The van der Waals surface area contributed by atoms with Crippen LogP contribution in [0.2, 0.25) is 0 Å². The molecule has 0 saturated carbocycles. The largest absolute Gasteiger partial charge is 0.467 e. The zero-order valence-corrected chi connectivity index (χ0v) is 16.0. The van der Waals surface area contributed by atoms with Crippen LogP contribution in [0.15, 0.2) is 48.5 Å². The van der Waals surface area contributed by atoms with Gasteiger partial charge in [0.25, 0.3) is 5.91 Å². The molecule has 2 heterocycles. The number of carbonyl (C=O) groups is 2. The topological polar surface area (TPSA) is 55.8 Å². The quantitative estimate of drug-likeness (QED) is 0.630. The van der Waals surface area contributed by atoms with Gasteiger partial charge in [-0.25, -0.2) is 9.18 Å². The molecule has 1 atom stereocenters. The molecule has 2 aromatic carbocycles. The molecule has 0 N–H and O–H groups in total. The van der Waals surface area contributed by atoms with Crippen LogP contribution in [0.3, 0.4) is 0 Å². The van der Waals surface area contributed by atoms with E-state index in [-0.39, 0.29) is 18.3 Å². The summed E-state index contributed by atoms with van der Waals surface area (Å²) in [7, 11) is 1.30. The van der Waals surface area contributed by atoms with Gasteiger partial charge in [0.2, 0.25) is 0 Å². The maximum absolute atomic E-state index is 13.3. The molecule has 0 bridgehead atoms. The van der Waals surface area contributed by atoms with E-state index in [2.05, 4.69) is 0 Å². The highest BCUT2D eigenvalue weighted by Gasteiger charge is 2.34. The van der Waals surface area contributed by atoms with E-state index < -0.39 is 12.0 Å². The summed E-state index contributed by atoms with van der Waals surface area (Å²) in [5.41, 5.74) is 1.81. The van der Waals surface area contributed by atoms with Crippen molar-refractivity contribution in [1.82, 2.24) is 4.90 Å². The highest BCUT2D eigenvalue weighted by Crippen LogP contribution is 2.35. The second kappa shape index (κ2) is 7.69. The van der Waals surface area contributed by atoms with Crippen molar-refractivity contribution in [1.29, 1.82) is 0 Å². The molecule has 28 heavy (non-hydrogen) atoms. The predicted molar refractivity (Wildman–Crippen MR) is 105 cm³/mol. The molecule has 4 rings (SSSR count). The number of esters is 1. The van der Waals surface area contributed by atoms with Crippen LogP contribution in [0.1, 0.15) is 9.67 Å². The number of hydrogen-bond donors (Lipinski definition) is 0. The molecule has 5 nitrogen and oxygen atoms in total. The number of carbonyl (C=O) groups excluding carboxylic acids is 2. The molecule has 1 fully saturated rings. The summed E-state index contributed by atoms with van der Waals surface area (Å²) in [6.45, 7) is 0.840. The molecule has 1 aromatic heterocycles. The Morgan fingerprint density at radius 2 is 2.00 bits per heavy atom. The van der Waals surface area contributed by atoms with Gasteiger partial charge in [-0.15, -0.1) is 11.3 Å². The number of halogens is 1. The molecule has 1 saturated heterocycles. The molecule has 1 aliphatic heterocycles. The number of methoxy groups -OCH3 is 1. The molecule has 0 radical (unpaired) electrons. The van der Waals surface area contributed by atoms with Gasteiger partial charge in [-0.05, 0) is 35.4 Å². The number of fused-ring (bicyclic) bond motifs is 1. The van der Waals surface area contributed by atoms with Gasteiger partial charge in [0.15, 0.2) is 6.04 Å². The van der Waals surface area contributed by atoms with Crippen molar-refractivity contribution in [2.24, 2.45) is 0 Å². The lowest BCUT2D eigenvalue weighted by Gasteiger charge is -2.33. The Morgan fingerprint density at radius 3 is 2.75 bits per heavy atom. The van der Waals surface area contributed by atoms with E-state index in [1.54, 1.807) is 12.1 Å². The third kappa shape index (κ3) is 3.39. The van der Waals surface area contributed by atoms with Crippen molar-refractivity contribution in [2.45, 2.75) is 6.04 Å². The number of benzene rings is 2. The van der Waals surface area contributed by atoms with Crippen molar-refractivity contribution in [3.63, 3.8) is 0 Å². The molecular weight excluding hydrogens is 381 g/mol. The lowest BCUT2D eigenvalue weighted by molar-refractivity contribution is -0.151. The van der Waals surface area contributed by atoms with E-state index in [1.807, 2.05) is 24.3 Å². The molecule has 0 spiro atoms. The molecule has 1 amide bonds. The minimum atomic E-state index is -0.743. The Balaban J connectivity index is 1.71. The summed E-state index contributed by atoms with van der Waals surface area (Å²) in [6.07, 6.45) is 0. The average molecular weight is 399 g/mol. The van der Waals surface area contributed by atoms with Crippen LogP contribution in [0.5, 0.6) is 0 Å². The van der Waals surface area contributed by atoms with Gasteiger partial charge in [-0.3, -0.25) is 4.79 Å². The molecule has 7 heteroatoms. The number of ether oxygens (including phenoxy) is 2. The smallest absolute Gasteiger partial charge is 0.331 e. The molecule has 1 unspecified atom stereocenters. The van der Waals surface area contributed by atoms with Gasteiger partial charge in [-0.1, -0.05) is 24.3 Å². The van der Waals surface area contributed by atoms with Crippen LogP contribution >= 0.6 is 11.3 Å². The summed E-state index contributed by atoms with van der Waals surface area (Å²) in [4.78, 5) is 27.2. The number of nitrogens with zero attached hydrogens (tertiary/aromatic N) is 1. The molecule has 144 valence electrons. The van der Waals surface area contributed by atoms with Crippen LogP contribution in [-0.4, -0.2) is 49.7 Å². The molecular formula is C21H18FNO4S. The van der Waals surface area contributed by atoms with Crippen LogP contribution in [0.4, 0.5) is 4.39 Å². The molecule has 3 aromatic rings. The molecule has 1 aliphatic rings. The number of amides is 1. The van der Waals surface area contributed by atoms with Crippen LogP contribution < -0.4 is 0 Å². The van der Waals surface area contributed by atoms with Crippen molar-refractivity contribution >= 4 is 33.3 Å². The van der Waals surface area contributed by atoms with Crippen molar-refractivity contribution in [2.75, 3.05) is 26.9 Å². The summed E-state index contributed by atoms with van der Waals surface area (Å²) in [5.74, 6) is -0.996. The first-order valence-electron chi connectivity index (χ1n) is 8.83. The van der Waals surface area contributed by atoms with Gasteiger partial charge < -0.3 is 14.4 Å². The van der Waals surface area contributed by atoms with Gasteiger partial charge in [0.05, 0.1) is 25.2 Å². The van der Waals surface area contributed by atoms with Gasteiger partial charge >= 0.3 is 5.97 Å². The first kappa shape index (κ1) is 18.6. The second-order valence-corrected chi connectivity index (χ2v) is 7.53. The van der Waals surface area contributed by atoms with Crippen LogP contribution in [0, 0.1) is 5.82 Å². The maximum atomic E-state index is 13.3. The van der Waals surface area contributed by atoms with Crippen LogP contribution in [-0.2, 0) is 14.3 Å². The van der Waals surface area contributed by atoms with E-state index in [0.29, 0.717) is 18.0 Å². The van der Waals surface area contributed by atoms with E-state index in [1.165, 1.54) is 35.5 Å². The number of rotatable bonds is 3. The van der Waals surface area contributed by atoms with Gasteiger partial charge in [0, 0.05) is 16.6 Å². The van der Waals surface area contributed by atoms with E-state index in [4.69, 9.17) is 9.47 Å². The number of thiophene rings is 1. The summed E-state index contributed by atoms with van der Waals surface area (Å²) in [6, 6.07) is 13.2. The normalized spacial score (nSPS) is 16.9. The van der Waals surface area contributed by atoms with E-state index in [0.717, 1.165) is 21.2 Å².